The molecular weight excluding hydrogens is 340 g/mol. The number of ether oxygens (including phenoxy) is 2. The highest BCUT2D eigenvalue weighted by Gasteiger charge is 2.22. The normalized spacial score (nSPS) is 17.0. The van der Waals surface area contributed by atoms with Gasteiger partial charge in [-0.05, 0) is 24.2 Å². The van der Waals surface area contributed by atoms with Crippen LogP contribution in [-0.2, 0) is 20.6 Å². The molecule has 0 saturated carbocycles. The van der Waals surface area contributed by atoms with Gasteiger partial charge in [0.25, 0.3) is 0 Å². The summed E-state index contributed by atoms with van der Waals surface area (Å²) in [6, 6.07) is -0.329. The second-order valence-corrected chi connectivity index (χ2v) is 7.83. The van der Waals surface area contributed by atoms with Gasteiger partial charge in [-0.15, -0.1) is 5.10 Å². The van der Waals surface area contributed by atoms with Gasteiger partial charge >= 0.3 is 10.4 Å². The van der Waals surface area contributed by atoms with Gasteiger partial charge in [0.1, 0.15) is 5.75 Å². The summed E-state index contributed by atoms with van der Waals surface area (Å²) in [6.45, 7) is 3.66. The summed E-state index contributed by atoms with van der Waals surface area (Å²) < 4.78 is 23.2. The molecule has 1 unspecified atom stereocenters. The molecule has 10 heteroatoms. The first-order valence-corrected chi connectivity index (χ1v) is 9.71. The fourth-order valence-electron chi connectivity index (χ4n) is 1.85. The van der Waals surface area contributed by atoms with Crippen LogP contribution in [0.5, 0.6) is 0 Å². The predicted molar refractivity (Wildman–Crippen MR) is 88.1 cm³/mol. The van der Waals surface area contributed by atoms with E-state index in [2.05, 4.69) is 15.5 Å². The van der Waals surface area contributed by atoms with Crippen LogP contribution < -0.4 is 5.32 Å². The maximum absolute atomic E-state index is 12.1. The summed E-state index contributed by atoms with van der Waals surface area (Å²) >= 11 is -0.0139. The van der Waals surface area contributed by atoms with Crippen molar-refractivity contribution in [1.82, 2.24) is 15.1 Å². The van der Waals surface area contributed by atoms with Crippen molar-refractivity contribution in [1.29, 1.82) is 0 Å². The fourth-order valence-corrected chi connectivity index (χ4v) is 4.03. The Labute approximate surface area is 142 Å². The monoisotopic (exact) mass is 362 g/mol. The zero-order chi connectivity index (χ0) is 16.7. The lowest BCUT2D eigenvalue weighted by molar-refractivity contribution is -0.181. The van der Waals surface area contributed by atoms with E-state index in [1.54, 1.807) is 7.05 Å². The van der Waals surface area contributed by atoms with Gasteiger partial charge in [0.15, 0.2) is 6.29 Å². The van der Waals surface area contributed by atoms with E-state index in [1.165, 1.54) is 4.90 Å². The lowest BCUT2D eigenvalue weighted by atomic mass is 10.4. The molecule has 1 aromatic rings. The van der Waals surface area contributed by atoms with E-state index in [4.69, 9.17) is 9.47 Å². The van der Waals surface area contributed by atoms with Crippen molar-refractivity contribution < 1.29 is 18.8 Å². The number of carbonyl (C=O) groups is 1. The average Bonchev–Trinajstić information content (AvgIpc) is 3.02. The number of anilines is 1. The molecule has 1 N–H and O–H groups in total. The predicted octanol–water partition coefficient (Wildman–Crippen LogP) is 1.67. The minimum absolute atomic E-state index is 0.329. The summed E-state index contributed by atoms with van der Waals surface area (Å²) in [7, 11) is 1.65. The number of likely N-dealkylation sites (N-methyl/N-ethyl adjacent to an activating group) is 1. The van der Waals surface area contributed by atoms with E-state index in [0.717, 1.165) is 30.6 Å². The molecule has 2 amide bonds. The Hall–Kier alpha value is -0.940. The third-order valence-corrected chi connectivity index (χ3v) is 5.74. The summed E-state index contributed by atoms with van der Waals surface area (Å²) in [5.41, 5.74) is 0. The zero-order valence-electron chi connectivity index (χ0n) is 13.3. The molecule has 0 radical (unpaired) electrons. The van der Waals surface area contributed by atoms with E-state index in [0.29, 0.717) is 35.0 Å². The van der Waals surface area contributed by atoms with Gasteiger partial charge in [-0.3, -0.25) is 5.32 Å². The van der Waals surface area contributed by atoms with Crippen molar-refractivity contribution in [3.8, 4) is 0 Å². The van der Waals surface area contributed by atoms with Gasteiger partial charge in [-0.1, -0.05) is 18.4 Å². The van der Waals surface area contributed by atoms with Crippen molar-refractivity contribution in [3.63, 3.8) is 0 Å². The number of carbonyl (C=O) groups excluding carboxylic acids is 1. The highest BCUT2D eigenvalue weighted by atomic mass is 32.2. The molecule has 8 nitrogen and oxygen atoms in total. The maximum Gasteiger partial charge on any atom is 0.323 e. The first-order valence-electron chi connectivity index (χ1n) is 7.57. The fraction of sp³-hybridized carbons (Fsp3) is 0.769. The third kappa shape index (κ3) is 5.88. The van der Waals surface area contributed by atoms with Gasteiger partial charge < -0.3 is 18.9 Å². The Bertz CT molecular complexity index is 496. The Morgan fingerprint density at radius 1 is 1.48 bits per heavy atom. The van der Waals surface area contributed by atoms with Crippen molar-refractivity contribution >= 4 is 33.7 Å². The van der Waals surface area contributed by atoms with Crippen LogP contribution in [0, 0.1) is 0 Å². The molecule has 2 rings (SSSR count). The van der Waals surface area contributed by atoms with Crippen LogP contribution in [0.15, 0.2) is 4.34 Å². The molecule has 1 aromatic heterocycles. The van der Waals surface area contributed by atoms with Crippen LogP contribution in [-0.4, -0.2) is 64.5 Å². The molecule has 1 atom stereocenters. The SMILES string of the molecule is CCCC[S+]([O-])c1nnc(NC(=O)N(C)CC2OCCCO2)s1. The number of aromatic nitrogens is 2. The number of nitrogens with zero attached hydrogens (tertiary/aromatic N) is 3. The molecular formula is C13H22N4O4S2. The van der Waals surface area contributed by atoms with Crippen LogP contribution >= 0.6 is 11.3 Å². The molecule has 0 spiro atoms. The Morgan fingerprint density at radius 3 is 2.91 bits per heavy atom. The number of urea groups is 1. The van der Waals surface area contributed by atoms with Gasteiger partial charge in [0.05, 0.1) is 19.8 Å². The largest absolute Gasteiger partial charge is 0.610 e. The first-order chi connectivity index (χ1) is 11.1. The van der Waals surface area contributed by atoms with Crippen molar-refractivity contribution in [2.75, 3.05) is 37.9 Å². The van der Waals surface area contributed by atoms with Crippen LogP contribution in [0.4, 0.5) is 9.93 Å². The Balaban J connectivity index is 1.81. The molecule has 1 aliphatic rings. The molecule has 1 fully saturated rings. The van der Waals surface area contributed by atoms with Crippen LogP contribution in [0.2, 0.25) is 0 Å². The quantitative estimate of drug-likeness (QED) is 0.585. The molecule has 1 saturated heterocycles. The van der Waals surface area contributed by atoms with E-state index in [9.17, 15) is 9.35 Å². The van der Waals surface area contributed by atoms with Crippen molar-refractivity contribution in [3.05, 3.63) is 0 Å². The summed E-state index contributed by atoms with van der Waals surface area (Å²) in [4.78, 5) is 13.6. The number of hydrogen-bond donors (Lipinski definition) is 1. The molecule has 0 bridgehead atoms. The first kappa shape index (κ1) is 18.4. The molecule has 23 heavy (non-hydrogen) atoms. The second kappa shape index (κ2) is 9.38. The number of nitrogens with one attached hydrogen (secondary N) is 1. The summed E-state index contributed by atoms with van der Waals surface area (Å²) in [6.07, 6.45) is 2.32. The van der Waals surface area contributed by atoms with Crippen LogP contribution in [0.25, 0.3) is 0 Å². The number of rotatable bonds is 7. The third-order valence-electron chi connectivity index (χ3n) is 3.16. The lowest BCUT2D eigenvalue weighted by Crippen LogP contribution is -2.41. The highest BCUT2D eigenvalue weighted by Crippen LogP contribution is 2.22. The highest BCUT2D eigenvalue weighted by molar-refractivity contribution is 7.93. The number of hydrogen-bond acceptors (Lipinski definition) is 7. The number of unbranched alkanes of at least 4 members (excludes halogenated alkanes) is 1. The average molecular weight is 362 g/mol. The minimum Gasteiger partial charge on any atom is -0.610 e. The Kier molecular flexibility index (Phi) is 7.50. The number of amides is 2. The van der Waals surface area contributed by atoms with Gasteiger partial charge in [0, 0.05) is 18.2 Å². The lowest BCUT2D eigenvalue weighted by Gasteiger charge is -2.27. The zero-order valence-corrected chi connectivity index (χ0v) is 15.0. The van der Waals surface area contributed by atoms with Gasteiger partial charge in [-0.25, -0.2) is 4.79 Å². The van der Waals surface area contributed by atoms with Crippen molar-refractivity contribution in [2.45, 2.75) is 36.8 Å². The molecule has 2 heterocycles. The van der Waals surface area contributed by atoms with Crippen molar-refractivity contribution in [2.24, 2.45) is 0 Å². The van der Waals surface area contributed by atoms with E-state index >= 15 is 0 Å². The standard InChI is InChI=1S/C13H22N4O4S2/c1-3-4-8-23(19)13-16-15-11(22-13)14-12(18)17(2)9-10-20-6-5-7-21-10/h10H,3-9H2,1-2H3,(H,14,15,18). The molecule has 1 aliphatic heterocycles. The van der Waals surface area contributed by atoms with E-state index < -0.39 is 17.5 Å². The van der Waals surface area contributed by atoms with E-state index in [-0.39, 0.29) is 6.03 Å². The second-order valence-electron chi connectivity index (χ2n) is 5.11. The molecule has 0 aliphatic carbocycles. The van der Waals surface area contributed by atoms with E-state index in [1.807, 2.05) is 6.92 Å². The molecule has 130 valence electrons. The summed E-state index contributed by atoms with van der Waals surface area (Å²) in [5, 5.41) is 10.7. The Morgan fingerprint density at radius 2 is 2.22 bits per heavy atom. The smallest absolute Gasteiger partial charge is 0.323 e. The summed E-state index contributed by atoms with van der Waals surface area (Å²) in [5.74, 6) is 0.565. The topological polar surface area (TPSA) is 99.6 Å². The van der Waals surface area contributed by atoms with Gasteiger partial charge in [-0.2, -0.15) is 0 Å². The van der Waals surface area contributed by atoms with Crippen LogP contribution in [0.3, 0.4) is 0 Å². The van der Waals surface area contributed by atoms with Gasteiger partial charge in [0.2, 0.25) is 5.13 Å². The maximum atomic E-state index is 12.1. The van der Waals surface area contributed by atoms with Crippen LogP contribution in [0.1, 0.15) is 26.2 Å². The minimum atomic E-state index is -1.15. The molecule has 0 aromatic carbocycles.